The monoisotopic (exact) mass is 340 g/mol. The maximum Gasteiger partial charge on any atom is 0.361 e. The lowest BCUT2D eigenvalue weighted by Crippen LogP contribution is -2.47. The van der Waals surface area contributed by atoms with E-state index in [-0.39, 0.29) is 5.97 Å². The lowest BCUT2D eigenvalue weighted by molar-refractivity contribution is -0.883. The molecule has 2 aliphatic carbocycles. The summed E-state index contributed by atoms with van der Waals surface area (Å²) in [6.07, 6.45) is 4.22. The van der Waals surface area contributed by atoms with Crippen molar-refractivity contribution in [3.63, 3.8) is 0 Å². The molecule has 0 radical (unpaired) electrons. The highest BCUT2D eigenvalue weighted by atomic mass is 16.5. The molecule has 3 atom stereocenters. The first kappa shape index (κ1) is 19.7. The van der Waals surface area contributed by atoms with E-state index in [1.165, 1.54) is 19.3 Å². The summed E-state index contributed by atoms with van der Waals surface area (Å²) in [5.41, 5.74) is 0.702. The zero-order valence-electron chi connectivity index (χ0n) is 16.9. The normalized spacial score (nSPS) is 31.7. The smallest absolute Gasteiger partial charge is 0.361 e. The van der Waals surface area contributed by atoms with Crippen LogP contribution in [-0.2, 0) is 14.3 Å². The minimum atomic E-state index is -0.110. The summed E-state index contributed by atoms with van der Waals surface area (Å²) >= 11 is 0. The van der Waals surface area contributed by atoms with Crippen LogP contribution < -0.4 is 0 Å². The van der Waals surface area contributed by atoms with Gasteiger partial charge in [0, 0.05) is 0 Å². The van der Waals surface area contributed by atoms with Gasteiger partial charge in [0.25, 0.3) is 0 Å². The minimum absolute atomic E-state index is 0.110. The van der Waals surface area contributed by atoms with Gasteiger partial charge in [-0.05, 0) is 41.9 Å². The summed E-state index contributed by atoms with van der Waals surface area (Å²) in [5.74, 6) is 1.08. The van der Waals surface area contributed by atoms with Crippen LogP contribution in [0.5, 0.6) is 0 Å². The fourth-order valence-electron chi connectivity index (χ4n) is 4.56. The number of carbonyl (C=O) groups is 1. The van der Waals surface area contributed by atoms with Gasteiger partial charge in [-0.25, -0.2) is 4.79 Å². The van der Waals surface area contributed by atoms with Crippen molar-refractivity contribution < 1.29 is 18.8 Å². The Labute approximate surface area is 148 Å². The molecule has 2 fully saturated rings. The number of hydrogen-bond donors (Lipinski definition) is 0. The van der Waals surface area contributed by atoms with E-state index >= 15 is 0 Å². The van der Waals surface area contributed by atoms with Crippen molar-refractivity contribution >= 4 is 5.97 Å². The number of carbonyl (C=O) groups excluding carboxylic acids is 1. The second-order valence-electron chi connectivity index (χ2n) is 9.86. The zero-order chi connectivity index (χ0) is 18.2. The molecule has 2 aliphatic rings. The summed E-state index contributed by atoms with van der Waals surface area (Å²) in [6, 6.07) is 0. The molecule has 0 saturated heterocycles. The van der Waals surface area contributed by atoms with Gasteiger partial charge in [-0.3, -0.25) is 0 Å². The predicted octanol–water partition coefficient (Wildman–Crippen LogP) is 3.49. The van der Waals surface area contributed by atoms with Crippen LogP contribution in [0.1, 0.15) is 53.9 Å². The molecule has 2 saturated carbocycles. The number of hydrogen-bond acceptors (Lipinski definition) is 3. The molecular formula is C20H38NO3+. The third-order valence-electron chi connectivity index (χ3n) is 6.86. The van der Waals surface area contributed by atoms with Crippen LogP contribution >= 0.6 is 0 Å². The number of nitrogens with zero attached hydrogens (tertiary/aromatic N) is 1. The van der Waals surface area contributed by atoms with Gasteiger partial charge in [0.1, 0.15) is 6.54 Å². The van der Waals surface area contributed by atoms with Crippen LogP contribution in [0.3, 0.4) is 0 Å². The molecule has 0 N–H and O–H groups in total. The SMILES string of the molecule is CC(C)COC(=O)C[N+](C)(C)CCO[C@H]1C[C@@H]2CC[C@@]1(C)C2(C)C. The van der Waals surface area contributed by atoms with Gasteiger partial charge in [-0.15, -0.1) is 0 Å². The van der Waals surface area contributed by atoms with Gasteiger partial charge in [0.2, 0.25) is 0 Å². The summed E-state index contributed by atoms with van der Waals surface area (Å²) in [5, 5.41) is 0. The van der Waals surface area contributed by atoms with Crippen LogP contribution in [0.25, 0.3) is 0 Å². The molecule has 0 aromatic heterocycles. The quantitative estimate of drug-likeness (QED) is 0.501. The number of quaternary nitrogens is 1. The third kappa shape index (κ3) is 3.96. The molecule has 0 aromatic rings. The average molecular weight is 341 g/mol. The van der Waals surface area contributed by atoms with E-state index in [2.05, 4.69) is 48.7 Å². The number of likely N-dealkylation sites (N-methyl/N-ethyl adjacent to an activating group) is 1. The van der Waals surface area contributed by atoms with Gasteiger partial charge in [0.15, 0.2) is 6.54 Å². The van der Waals surface area contributed by atoms with Crippen molar-refractivity contribution in [2.75, 3.05) is 40.4 Å². The molecule has 0 aromatic carbocycles. The van der Waals surface area contributed by atoms with Crippen molar-refractivity contribution in [1.82, 2.24) is 0 Å². The van der Waals surface area contributed by atoms with E-state index < -0.39 is 0 Å². The second-order valence-corrected chi connectivity index (χ2v) is 9.86. The van der Waals surface area contributed by atoms with Crippen LogP contribution in [0, 0.1) is 22.7 Å². The average Bonchev–Trinajstić information content (AvgIpc) is 2.77. The van der Waals surface area contributed by atoms with Crippen LogP contribution in [0.15, 0.2) is 0 Å². The van der Waals surface area contributed by atoms with Gasteiger partial charge < -0.3 is 14.0 Å². The Hall–Kier alpha value is -0.610. The Bertz CT molecular complexity index is 458. The molecule has 4 nitrogen and oxygen atoms in total. The first-order chi connectivity index (χ1) is 11.0. The number of esters is 1. The Morgan fingerprint density at radius 1 is 1.25 bits per heavy atom. The predicted molar refractivity (Wildman–Crippen MR) is 96.6 cm³/mol. The second kappa shape index (κ2) is 6.95. The largest absolute Gasteiger partial charge is 0.461 e. The summed E-state index contributed by atoms with van der Waals surface area (Å²) < 4.78 is 12.2. The zero-order valence-corrected chi connectivity index (χ0v) is 16.9. The van der Waals surface area contributed by atoms with Gasteiger partial charge in [-0.1, -0.05) is 34.6 Å². The van der Waals surface area contributed by atoms with E-state index in [1.54, 1.807) is 0 Å². The Balaban J connectivity index is 1.76. The Morgan fingerprint density at radius 2 is 1.92 bits per heavy atom. The highest BCUT2D eigenvalue weighted by Gasteiger charge is 2.61. The maximum absolute atomic E-state index is 11.9. The number of rotatable bonds is 8. The first-order valence-corrected chi connectivity index (χ1v) is 9.57. The van der Waals surface area contributed by atoms with E-state index in [1.807, 2.05) is 0 Å². The van der Waals surface area contributed by atoms with E-state index in [0.29, 0.717) is 47.1 Å². The Morgan fingerprint density at radius 3 is 2.42 bits per heavy atom. The molecule has 140 valence electrons. The topological polar surface area (TPSA) is 35.5 Å². The molecule has 0 spiro atoms. The lowest BCUT2D eigenvalue weighted by atomic mass is 9.70. The minimum Gasteiger partial charge on any atom is -0.461 e. The van der Waals surface area contributed by atoms with Crippen LogP contribution in [-0.4, -0.2) is 57.0 Å². The molecule has 0 aliphatic heterocycles. The van der Waals surface area contributed by atoms with Gasteiger partial charge in [0.05, 0.1) is 33.4 Å². The standard InChI is InChI=1S/C20H38NO3/c1-15(2)14-24-18(22)13-21(6,7)10-11-23-17-12-16-8-9-20(17,5)19(16,3)4/h15-17H,8-14H2,1-7H3/q+1/t16-,17-,20+/m0/s1. The molecule has 0 unspecified atom stereocenters. The Kier molecular flexibility index (Phi) is 5.71. The molecule has 24 heavy (non-hydrogen) atoms. The summed E-state index contributed by atoms with van der Waals surface area (Å²) in [6.45, 7) is 13.8. The third-order valence-corrected chi connectivity index (χ3v) is 6.86. The van der Waals surface area contributed by atoms with E-state index in [4.69, 9.17) is 9.47 Å². The van der Waals surface area contributed by atoms with Crippen molar-refractivity contribution in [3.8, 4) is 0 Å². The highest BCUT2D eigenvalue weighted by Crippen LogP contribution is 2.66. The fourth-order valence-corrected chi connectivity index (χ4v) is 4.56. The molecule has 0 amide bonds. The van der Waals surface area contributed by atoms with Crippen molar-refractivity contribution in [2.45, 2.75) is 60.0 Å². The van der Waals surface area contributed by atoms with Crippen molar-refractivity contribution in [2.24, 2.45) is 22.7 Å². The first-order valence-electron chi connectivity index (χ1n) is 9.57. The molecule has 4 heteroatoms. The van der Waals surface area contributed by atoms with Gasteiger partial charge >= 0.3 is 5.97 Å². The number of ether oxygens (including phenoxy) is 2. The van der Waals surface area contributed by atoms with Gasteiger partial charge in [-0.2, -0.15) is 0 Å². The molecule has 2 rings (SSSR count). The summed E-state index contributed by atoms with van der Waals surface area (Å²) in [7, 11) is 4.15. The summed E-state index contributed by atoms with van der Waals surface area (Å²) in [4.78, 5) is 11.9. The van der Waals surface area contributed by atoms with Crippen LogP contribution in [0.4, 0.5) is 0 Å². The molecule has 0 heterocycles. The van der Waals surface area contributed by atoms with Crippen molar-refractivity contribution in [3.05, 3.63) is 0 Å². The van der Waals surface area contributed by atoms with E-state index in [0.717, 1.165) is 12.5 Å². The maximum atomic E-state index is 11.9. The van der Waals surface area contributed by atoms with Crippen LogP contribution in [0.2, 0.25) is 0 Å². The lowest BCUT2D eigenvalue weighted by Gasteiger charge is -2.39. The van der Waals surface area contributed by atoms with E-state index in [9.17, 15) is 4.79 Å². The fraction of sp³-hybridized carbons (Fsp3) is 0.950. The molecular weight excluding hydrogens is 302 g/mol. The number of fused-ring (bicyclic) bond motifs is 2. The van der Waals surface area contributed by atoms with Crippen molar-refractivity contribution in [1.29, 1.82) is 0 Å². The molecule has 2 bridgehead atoms. The highest BCUT2D eigenvalue weighted by molar-refractivity contribution is 5.70.